The highest BCUT2D eigenvalue weighted by Crippen LogP contribution is 2.18. The molecule has 1 aromatic carbocycles. The zero-order valence-corrected chi connectivity index (χ0v) is 12.3. The van der Waals surface area contributed by atoms with E-state index in [2.05, 4.69) is 15.8 Å². The standard InChI is InChI=1S/C15H19N3O3/c1-9-8-13(19)17-18-14(9)11-4-6-12(7-5-11)16-15(20)10(2)21-3/h4-7,9-10H,8H2,1-3H3,(H,16,20)(H,17,19). The predicted octanol–water partition coefficient (Wildman–Crippen LogP) is 1.52. The van der Waals surface area contributed by atoms with Gasteiger partial charge in [-0.1, -0.05) is 19.1 Å². The third-order valence-corrected chi connectivity index (χ3v) is 3.43. The van der Waals surface area contributed by atoms with Gasteiger partial charge < -0.3 is 10.1 Å². The fourth-order valence-electron chi connectivity index (χ4n) is 2.08. The van der Waals surface area contributed by atoms with E-state index in [1.54, 1.807) is 19.1 Å². The number of anilines is 1. The van der Waals surface area contributed by atoms with Crippen LogP contribution in [0.4, 0.5) is 5.69 Å². The first kappa shape index (κ1) is 15.2. The van der Waals surface area contributed by atoms with Crippen LogP contribution in [0.2, 0.25) is 0 Å². The second kappa shape index (κ2) is 6.49. The highest BCUT2D eigenvalue weighted by Gasteiger charge is 2.21. The highest BCUT2D eigenvalue weighted by atomic mass is 16.5. The molecule has 6 nitrogen and oxygen atoms in total. The average molecular weight is 289 g/mol. The van der Waals surface area contributed by atoms with Crippen molar-refractivity contribution in [3.63, 3.8) is 0 Å². The maximum absolute atomic E-state index is 11.7. The Balaban J connectivity index is 2.09. The van der Waals surface area contributed by atoms with Gasteiger partial charge in [0, 0.05) is 25.1 Å². The molecule has 0 saturated heterocycles. The molecule has 2 atom stereocenters. The van der Waals surface area contributed by atoms with Crippen LogP contribution in [0.3, 0.4) is 0 Å². The third-order valence-electron chi connectivity index (χ3n) is 3.43. The number of nitrogens with one attached hydrogen (secondary N) is 2. The van der Waals surface area contributed by atoms with Crippen molar-refractivity contribution in [1.29, 1.82) is 0 Å². The molecule has 6 heteroatoms. The van der Waals surface area contributed by atoms with Crippen molar-refractivity contribution in [1.82, 2.24) is 5.43 Å². The Bertz CT molecular complexity index is 566. The molecule has 0 aromatic heterocycles. The molecule has 2 unspecified atom stereocenters. The molecule has 0 fully saturated rings. The molecule has 21 heavy (non-hydrogen) atoms. The van der Waals surface area contributed by atoms with Gasteiger partial charge in [0.05, 0.1) is 5.71 Å². The molecule has 1 aliphatic rings. The van der Waals surface area contributed by atoms with Gasteiger partial charge in [-0.05, 0) is 24.6 Å². The van der Waals surface area contributed by atoms with Crippen molar-refractivity contribution in [2.45, 2.75) is 26.4 Å². The molecular weight excluding hydrogens is 270 g/mol. The molecule has 112 valence electrons. The van der Waals surface area contributed by atoms with E-state index in [4.69, 9.17) is 4.74 Å². The molecule has 0 bridgehead atoms. The smallest absolute Gasteiger partial charge is 0.253 e. The number of carbonyl (C=O) groups is 2. The lowest BCUT2D eigenvalue weighted by molar-refractivity contribution is -0.124. The Kier molecular flexibility index (Phi) is 4.70. The molecule has 0 aliphatic carbocycles. The van der Waals surface area contributed by atoms with Gasteiger partial charge >= 0.3 is 0 Å². The van der Waals surface area contributed by atoms with Crippen LogP contribution in [-0.2, 0) is 14.3 Å². The minimum atomic E-state index is -0.498. The lowest BCUT2D eigenvalue weighted by Crippen LogP contribution is -2.32. The van der Waals surface area contributed by atoms with Crippen LogP contribution in [0.1, 0.15) is 25.8 Å². The fourth-order valence-corrected chi connectivity index (χ4v) is 2.08. The first-order chi connectivity index (χ1) is 10.0. The van der Waals surface area contributed by atoms with Crippen LogP contribution < -0.4 is 10.7 Å². The number of hydrazone groups is 1. The van der Waals surface area contributed by atoms with E-state index in [1.165, 1.54) is 7.11 Å². The minimum Gasteiger partial charge on any atom is -0.372 e. The highest BCUT2D eigenvalue weighted by molar-refractivity contribution is 6.06. The van der Waals surface area contributed by atoms with Gasteiger partial charge in [0.1, 0.15) is 6.10 Å². The minimum absolute atomic E-state index is 0.0660. The molecule has 1 aromatic rings. The van der Waals surface area contributed by atoms with E-state index < -0.39 is 6.10 Å². The summed E-state index contributed by atoms with van der Waals surface area (Å²) in [6.45, 7) is 3.65. The summed E-state index contributed by atoms with van der Waals surface area (Å²) < 4.78 is 4.96. The summed E-state index contributed by atoms with van der Waals surface area (Å²) in [7, 11) is 1.49. The van der Waals surface area contributed by atoms with E-state index >= 15 is 0 Å². The number of carbonyl (C=O) groups excluding carboxylic acids is 2. The van der Waals surface area contributed by atoms with Crippen molar-refractivity contribution < 1.29 is 14.3 Å². The second-order valence-corrected chi connectivity index (χ2v) is 5.08. The van der Waals surface area contributed by atoms with Crippen molar-refractivity contribution in [3.05, 3.63) is 29.8 Å². The molecule has 2 N–H and O–H groups in total. The topological polar surface area (TPSA) is 79.8 Å². The molecule has 2 amide bonds. The number of nitrogens with zero attached hydrogens (tertiary/aromatic N) is 1. The summed E-state index contributed by atoms with van der Waals surface area (Å²) in [6, 6.07) is 7.36. The number of hydrogen-bond acceptors (Lipinski definition) is 4. The van der Waals surface area contributed by atoms with Crippen LogP contribution in [-0.4, -0.2) is 30.7 Å². The van der Waals surface area contributed by atoms with Crippen LogP contribution in [0, 0.1) is 5.92 Å². The zero-order valence-electron chi connectivity index (χ0n) is 12.3. The van der Waals surface area contributed by atoms with Gasteiger partial charge in [-0.25, -0.2) is 5.43 Å². The Hall–Kier alpha value is -2.21. The van der Waals surface area contributed by atoms with E-state index in [0.29, 0.717) is 12.1 Å². The van der Waals surface area contributed by atoms with Crippen LogP contribution in [0.15, 0.2) is 29.4 Å². The van der Waals surface area contributed by atoms with E-state index in [9.17, 15) is 9.59 Å². The SMILES string of the molecule is COC(C)C(=O)Nc1ccc(C2=NNC(=O)CC2C)cc1. The van der Waals surface area contributed by atoms with Crippen LogP contribution in [0.25, 0.3) is 0 Å². The number of hydrogen-bond donors (Lipinski definition) is 2. The van der Waals surface area contributed by atoms with Gasteiger partial charge in [0.15, 0.2) is 0 Å². The van der Waals surface area contributed by atoms with Crippen molar-refractivity contribution in [2.24, 2.45) is 11.0 Å². The molecule has 0 spiro atoms. The Morgan fingerprint density at radius 3 is 2.67 bits per heavy atom. The lowest BCUT2D eigenvalue weighted by Gasteiger charge is -2.19. The van der Waals surface area contributed by atoms with Gasteiger partial charge in [-0.2, -0.15) is 5.10 Å². The average Bonchev–Trinajstić information content (AvgIpc) is 2.47. The molecule has 0 saturated carbocycles. The third kappa shape index (κ3) is 3.66. The van der Waals surface area contributed by atoms with Crippen molar-refractivity contribution in [3.8, 4) is 0 Å². The first-order valence-corrected chi connectivity index (χ1v) is 6.81. The Morgan fingerprint density at radius 1 is 1.43 bits per heavy atom. The largest absolute Gasteiger partial charge is 0.372 e. The number of amides is 2. The summed E-state index contributed by atoms with van der Waals surface area (Å²) in [4.78, 5) is 23.0. The van der Waals surface area contributed by atoms with Gasteiger partial charge in [0.25, 0.3) is 5.91 Å². The number of ether oxygens (including phenoxy) is 1. The summed E-state index contributed by atoms with van der Waals surface area (Å²) in [5.74, 6) is -0.183. The number of benzene rings is 1. The van der Waals surface area contributed by atoms with Crippen molar-refractivity contribution >= 4 is 23.2 Å². The first-order valence-electron chi connectivity index (χ1n) is 6.81. The van der Waals surface area contributed by atoms with E-state index in [0.717, 1.165) is 11.3 Å². The second-order valence-electron chi connectivity index (χ2n) is 5.08. The molecule has 1 heterocycles. The van der Waals surface area contributed by atoms with Gasteiger partial charge in [0.2, 0.25) is 5.91 Å². The summed E-state index contributed by atoms with van der Waals surface area (Å²) in [6.07, 6.45) is -0.0644. The summed E-state index contributed by atoms with van der Waals surface area (Å²) in [5, 5.41) is 6.87. The number of methoxy groups -OCH3 is 1. The fraction of sp³-hybridized carbons (Fsp3) is 0.400. The number of rotatable bonds is 4. The zero-order chi connectivity index (χ0) is 15.4. The molecule has 2 rings (SSSR count). The van der Waals surface area contributed by atoms with E-state index in [-0.39, 0.29) is 17.7 Å². The van der Waals surface area contributed by atoms with Crippen LogP contribution >= 0.6 is 0 Å². The molecule has 1 aliphatic heterocycles. The van der Waals surface area contributed by atoms with Crippen molar-refractivity contribution in [2.75, 3.05) is 12.4 Å². The maximum atomic E-state index is 11.7. The summed E-state index contributed by atoms with van der Waals surface area (Å²) >= 11 is 0. The Labute approximate surface area is 123 Å². The van der Waals surface area contributed by atoms with Gasteiger partial charge in [-0.3, -0.25) is 9.59 Å². The quantitative estimate of drug-likeness (QED) is 0.882. The summed E-state index contributed by atoms with van der Waals surface area (Å²) in [5.41, 5.74) is 4.96. The monoisotopic (exact) mass is 289 g/mol. The molecule has 0 radical (unpaired) electrons. The van der Waals surface area contributed by atoms with Crippen LogP contribution in [0.5, 0.6) is 0 Å². The predicted molar refractivity (Wildman–Crippen MR) is 80.0 cm³/mol. The Morgan fingerprint density at radius 2 is 2.10 bits per heavy atom. The lowest BCUT2D eigenvalue weighted by atomic mass is 9.94. The normalized spacial score (nSPS) is 19.5. The van der Waals surface area contributed by atoms with E-state index in [1.807, 2.05) is 19.1 Å². The van der Waals surface area contributed by atoms with Gasteiger partial charge in [-0.15, -0.1) is 0 Å². The maximum Gasteiger partial charge on any atom is 0.253 e. The molecular formula is C15H19N3O3.